The van der Waals surface area contributed by atoms with E-state index in [2.05, 4.69) is 25.3 Å². The Morgan fingerprint density at radius 3 is 1.90 bits per heavy atom. The van der Waals surface area contributed by atoms with Crippen LogP contribution in [-0.2, 0) is 0 Å². The molecular weight excluding hydrogens is 140 g/mol. The van der Waals surface area contributed by atoms with Crippen LogP contribution in [0.4, 0.5) is 0 Å². The molecule has 1 saturated heterocycles. The zero-order chi connectivity index (χ0) is 7.45. The number of hydrogen-bond acceptors (Lipinski definition) is 1. The van der Waals surface area contributed by atoms with Gasteiger partial charge in [0.15, 0.2) is 0 Å². The highest BCUT2D eigenvalue weighted by Gasteiger charge is 2.24. The monoisotopic (exact) mass is 154 g/mol. The van der Waals surface area contributed by atoms with Gasteiger partial charge >= 0.3 is 0 Å². The lowest BCUT2D eigenvalue weighted by atomic mass is 9.82. The Labute approximate surface area is 67.4 Å². The summed E-state index contributed by atoms with van der Waals surface area (Å²) in [4.78, 5) is 0. The first-order valence-corrected chi connectivity index (χ1v) is 4.83. The highest BCUT2D eigenvalue weighted by Crippen LogP contribution is 2.36. The van der Waals surface area contributed by atoms with Gasteiger partial charge in [-0.1, -0.05) is 12.2 Å². The van der Waals surface area contributed by atoms with Crippen LogP contribution in [0, 0.1) is 5.41 Å². The molecular formula is C9H14S. The maximum Gasteiger partial charge on any atom is 0.00713 e. The molecule has 1 heteroatoms. The average Bonchev–Trinajstić information content (AvgIpc) is 2.06. The quantitative estimate of drug-likeness (QED) is 0.551. The van der Waals surface area contributed by atoms with Crippen molar-refractivity contribution >= 4 is 11.8 Å². The molecule has 1 aliphatic heterocycles. The molecule has 0 amide bonds. The molecule has 0 unspecified atom stereocenters. The van der Waals surface area contributed by atoms with Gasteiger partial charge in [-0.2, -0.15) is 11.8 Å². The lowest BCUT2D eigenvalue weighted by Gasteiger charge is -2.30. The van der Waals surface area contributed by atoms with Crippen LogP contribution in [0.15, 0.2) is 25.3 Å². The van der Waals surface area contributed by atoms with Crippen molar-refractivity contribution in [3.8, 4) is 0 Å². The first kappa shape index (κ1) is 7.93. The van der Waals surface area contributed by atoms with Crippen LogP contribution < -0.4 is 0 Å². The highest BCUT2D eigenvalue weighted by atomic mass is 32.2. The molecule has 0 radical (unpaired) electrons. The summed E-state index contributed by atoms with van der Waals surface area (Å²) in [5, 5.41) is 0. The molecule has 0 bridgehead atoms. The van der Waals surface area contributed by atoms with Gasteiger partial charge in [0.05, 0.1) is 0 Å². The van der Waals surface area contributed by atoms with Crippen LogP contribution in [0.3, 0.4) is 0 Å². The minimum absolute atomic E-state index is 0.269. The molecule has 0 nitrogen and oxygen atoms in total. The van der Waals surface area contributed by atoms with Crippen molar-refractivity contribution in [3.05, 3.63) is 25.3 Å². The number of allylic oxidation sites excluding steroid dienone is 2. The zero-order valence-corrected chi connectivity index (χ0v) is 7.12. The second-order valence-electron chi connectivity index (χ2n) is 2.75. The molecule has 56 valence electrons. The third kappa shape index (κ3) is 1.46. The second-order valence-corrected chi connectivity index (χ2v) is 3.98. The Morgan fingerprint density at radius 1 is 1.10 bits per heavy atom. The lowest BCUT2D eigenvalue weighted by Crippen LogP contribution is -2.20. The molecule has 0 atom stereocenters. The SMILES string of the molecule is C=CC1(C=C)CCSCC1. The third-order valence-electron chi connectivity index (χ3n) is 2.24. The fourth-order valence-corrected chi connectivity index (χ4v) is 2.50. The molecule has 0 aromatic rings. The topological polar surface area (TPSA) is 0 Å². The normalized spacial score (nSPS) is 23.6. The Kier molecular flexibility index (Phi) is 2.61. The summed E-state index contributed by atoms with van der Waals surface area (Å²) in [6, 6.07) is 0. The smallest absolute Gasteiger partial charge is 0.00713 e. The Bertz CT molecular complexity index is 122. The van der Waals surface area contributed by atoms with Crippen molar-refractivity contribution in [2.24, 2.45) is 5.41 Å². The van der Waals surface area contributed by atoms with E-state index in [0.717, 1.165) is 0 Å². The van der Waals surface area contributed by atoms with Crippen LogP contribution in [0.2, 0.25) is 0 Å². The van der Waals surface area contributed by atoms with Crippen molar-refractivity contribution < 1.29 is 0 Å². The van der Waals surface area contributed by atoms with E-state index in [1.807, 2.05) is 11.8 Å². The van der Waals surface area contributed by atoms with E-state index in [-0.39, 0.29) is 5.41 Å². The second kappa shape index (κ2) is 3.29. The van der Waals surface area contributed by atoms with Gasteiger partial charge in [0.2, 0.25) is 0 Å². The number of thioether (sulfide) groups is 1. The van der Waals surface area contributed by atoms with Gasteiger partial charge in [0, 0.05) is 5.41 Å². The van der Waals surface area contributed by atoms with Crippen LogP contribution >= 0.6 is 11.8 Å². The van der Waals surface area contributed by atoms with Gasteiger partial charge in [-0.3, -0.25) is 0 Å². The summed E-state index contributed by atoms with van der Waals surface area (Å²) in [5.41, 5.74) is 0.269. The first-order chi connectivity index (χ1) is 4.83. The molecule has 0 aliphatic carbocycles. The fraction of sp³-hybridized carbons (Fsp3) is 0.556. The predicted octanol–water partition coefficient (Wildman–Crippen LogP) is 2.87. The maximum absolute atomic E-state index is 3.85. The molecule has 0 saturated carbocycles. The molecule has 10 heavy (non-hydrogen) atoms. The molecule has 0 aromatic heterocycles. The molecule has 0 aromatic carbocycles. The zero-order valence-electron chi connectivity index (χ0n) is 6.31. The summed E-state index contributed by atoms with van der Waals surface area (Å²) in [5.74, 6) is 2.52. The van der Waals surface area contributed by atoms with Gasteiger partial charge in [-0.15, -0.1) is 13.2 Å². The molecule has 1 heterocycles. The molecule has 0 N–H and O–H groups in total. The molecule has 0 spiro atoms. The van der Waals surface area contributed by atoms with Crippen LogP contribution in [0.1, 0.15) is 12.8 Å². The van der Waals surface area contributed by atoms with E-state index in [4.69, 9.17) is 0 Å². The Balaban J connectivity index is 2.60. The van der Waals surface area contributed by atoms with E-state index < -0.39 is 0 Å². The van der Waals surface area contributed by atoms with Crippen molar-refractivity contribution in [1.82, 2.24) is 0 Å². The van der Waals surface area contributed by atoms with Gasteiger partial charge in [-0.25, -0.2) is 0 Å². The van der Waals surface area contributed by atoms with E-state index in [0.29, 0.717) is 0 Å². The molecule has 1 aliphatic rings. The van der Waals surface area contributed by atoms with Crippen LogP contribution in [0.25, 0.3) is 0 Å². The lowest BCUT2D eigenvalue weighted by molar-refractivity contribution is 0.456. The van der Waals surface area contributed by atoms with Gasteiger partial charge in [-0.05, 0) is 24.3 Å². The van der Waals surface area contributed by atoms with Crippen molar-refractivity contribution in [2.75, 3.05) is 11.5 Å². The summed E-state index contributed by atoms with van der Waals surface area (Å²) in [6.07, 6.45) is 6.56. The van der Waals surface area contributed by atoms with E-state index in [1.54, 1.807) is 0 Å². The minimum Gasteiger partial charge on any atom is -0.162 e. The van der Waals surface area contributed by atoms with Crippen molar-refractivity contribution in [2.45, 2.75) is 12.8 Å². The largest absolute Gasteiger partial charge is 0.162 e. The van der Waals surface area contributed by atoms with Crippen molar-refractivity contribution in [1.29, 1.82) is 0 Å². The van der Waals surface area contributed by atoms with Gasteiger partial charge in [0.1, 0.15) is 0 Å². The predicted molar refractivity (Wildman–Crippen MR) is 49.4 cm³/mol. The summed E-state index contributed by atoms with van der Waals surface area (Å²) in [6.45, 7) is 7.69. The van der Waals surface area contributed by atoms with E-state index in [9.17, 15) is 0 Å². The summed E-state index contributed by atoms with van der Waals surface area (Å²) < 4.78 is 0. The van der Waals surface area contributed by atoms with Crippen LogP contribution in [-0.4, -0.2) is 11.5 Å². The number of hydrogen-bond donors (Lipinski definition) is 0. The molecule has 1 rings (SSSR count). The summed E-state index contributed by atoms with van der Waals surface area (Å²) >= 11 is 2.03. The average molecular weight is 154 g/mol. The maximum atomic E-state index is 3.85. The van der Waals surface area contributed by atoms with Gasteiger partial charge in [0.25, 0.3) is 0 Å². The van der Waals surface area contributed by atoms with Crippen LogP contribution in [0.5, 0.6) is 0 Å². The molecule has 1 fully saturated rings. The Hall–Kier alpha value is -0.170. The van der Waals surface area contributed by atoms with Crippen molar-refractivity contribution in [3.63, 3.8) is 0 Å². The Morgan fingerprint density at radius 2 is 1.60 bits per heavy atom. The van der Waals surface area contributed by atoms with Gasteiger partial charge < -0.3 is 0 Å². The fourth-order valence-electron chi connectivity index (χ4n) is 1.24. The number of rotatable bonds is 2. The van der Waals surface area contributed by atoms with E-state index in [1.165, 1.54) is 24.3 Å². The van der Waals surface area contributed by atoms with E-state index >= 15 is 0 Å². The summed E-state index contributed by atoms with van der Waals surface area (Å²) in [7, 11) is 0. The third-order valence-corrected chi connectivity index (χ3v) is 3.22. The highest BCUT2D eigenvalue weighted by molar-refractivity contribution is 7.99. The first-order valence-electron chi connectivity index (χ1n) is 3.68. The standard InChI is InChI=1S/C9H14S/c1-3-9(4-2)5-7-10-8-6-9/h3-4H,1-2,5-8H2. The minimum atomic E-state index is 0.269.